The third kappa shape index (κ3) is 2.99. The molecule has 0 saturated carbocycles. The Morgan fingerprint density at radius 2 is 1.95 bits per heavy atom. The molecule has 0 aromatic heterocycles. The lowest BCUT2D eigenvalue weighted by molar-refractivity contribution is -0.152. The van der Waals surface area contributed by atoms with Gasteiger partial charge in [0.05, 0.1) is 24.2 Å². The monoisotopic (exact) mass is 297 g/mol. The molecule has 5 heteroatoms. The smallest absolute Gasteiger partial charge is 0.316 e. The topological polar surface area (TPSA) is 29.5 Å². The van der Waals surface area contributed by atoms with Gasteiger partial charge >= 0.3 is 5.97 Å². The van der Waals surface area contributed by atoms with Gasteiger partial charge in [-0.1, -0.05) is 12.1 Å². The third-order valence-electron chi connectivity index (χ3n) is 4.00. The fourth-order valence-electron chi connectivity index (χ4n) is 2.71. The first kappa shape index (κ1) is 15.3. The van der Waals surface area contributed by atoms with Crippen LogP contribution in [0.2, 0.25) is 0 Å². The first-order chi connectivity index (χ1) is 9.62. The second-order valence-corrected chi connectivity index (χ2v) is 5.83. The van der Waals surface area contributed by atoms with Crippen molar-refractivity contribution in [2.24, 2.45) is 0 Å². The SMILES string of the molecule is CCOC(=O)C1(c2ccc(SF)cc2)CCN(C)CC1. The molecule has 0 bridgehead atoms. The Morgan fingerprint density at radius 1 is 1.35 bits per heavy atom. The predicted octanol–water partition coefficient (Wildman–Crippen LogP) is 3.19. The Hall–Kier alpha value is -1.07. The van der Waals surface area contributed by atoms with Crippen LogP contribution < -0.4 is 0 Å². The molecule has 0 amide bonds. The summed E-state index contributed by atoms with van der Waals surface area (Å²) in [6.07, 6.45) is 1.48. The van der Waals surface area contributed by atoms with Crippen molar-refractivity contribution in [1.29, 1.82) is 0 Å². The number of hydrogen-bond acceptors (Lipinski definition) is 4. The minimum absolute atomic E-state index is 0.159. The molecule has 1 fully saturated rings. The van der Waals surface area contributed by atoms with E-state index in [2.05, 4.69) is 11.9 Å². The minimum Gasteiger partial charge on any atom is -0.465 e. The zero-order valence-electron chi connectivity index (χ0n) is 11.9. The summed E-state index contributed by atoms with van der Waals surface area (Å²) < 4.78 is 17.8. The van der Waals surface area contributed by atoms with E-state index in [9.17, 15) is 8.68 Å². The Morgan fingerprint density at radius 3 is 2.45 bits per heavy atom. The Balaban J connectivity index is 2.32. The van der Waals surface area contributed by atoms with Crippen LogP contribution in [0.15, 0.2) is 29.2 Å². The zero-order chi connectivity index (χ0) is 14.6. The highest BCUT2D eigenvalue weighted by Gasteiger charge is 2.43. The van der Waals surface area contributed by atoms with E-state index in [1.807, 2.05) is 19.1 Å². The van der Waals surface area contributed by atoms with E-state index in [0.29, 0.717) is 11.5 Å². The number of likely N-dealkylation sites (tertiary alicyclic amines) is 1. The number of ether oxygens (including phenoxy) is 1. The molecule has 2 rings (SSSR count). The summed E-state index contributed by atoms with van der Waals surface area (Å²) >= 11 is 0.218. The Kier molecular flexibility index (Phi) is 5.05. The van der Waals surface area contributed by atoms with E-state index in [1.165, 1.54) is 0 Å². The van der Waals surface area contributed by atoms with E-state index >= 15 is 0 Å². The van der Waals surface area contributed by atoms with E-state index in [1.54, 1.807) is 12.1 Å². The van der Waals surface area contributed by atoms with E-state index < -0.39 is 5.41 Å². The van der Waals surface area contributed by atoms with Gasteiger partial charge in [0.25, 0.3) is 0 Å². The first-order valence-electron chi connectivity index (χ1n) is 6.87. The van der Waals surface area contributed by atoms with Crippen molar-refractivity contribution >= 4 is 18.1 Å². The molecule has 1 heterocycles. The number of hydrogen-bond donors (Lipinski definition) is 0. The van der Waals surface area contributed by atoms with Gasteiger partial charge in [-0.25, -0.2) is 0 Å². The average Bonchev–Trinajstić information content (AvgIpc) is 2.49. The van der Waals surface area contributed by atoms with Crippen LogP contribution in [-0.2, 0) is 14.9 Å². The molecule has 0 unspecified atom stereocenters. The molecular formula is C15H20FNO2S. The average molecular weight is 297 g/mol. The fourth-order valence-corrected chi connectivity index (χ4v) is 2.94. The summed E-state index contributed by atoms with van der Waals surface area (Å²) in [6.45, 7) is 3.93. The maximum absolute atomic E-state index is 12.5. The zero-order valence-corrected chi connectivity index (χ0v) is 12.7. The van der Waals surface area contributed by atoms with Crippen LogP contribution in [0.3, 0.4) is 0 Å². The summed E-state index contributed by atoms with van der Waals surface area (Å²) in [5.74, 6) is -0.159. The maximum Gasteiger partial charge on any atom is 0.316 e. The normalized spacial score (nSPS) is 18.8. The van der Waals surface area contributed by atoms with Gasteiger partial charge in [-0.2, -0.15) is 3.89 Å². The van der Waals surface area contributed by atoms with Crippen molar-refractivity contribution in [3.05, 3.63) is 29.8 Å². The molecule has 0 radical (unpaired) electrons. The molecule has 1 saturated heterocycles. The van der Waals surface area contributed by atoms with Gasteiger partial charge < -0.3 is 9.64 Å². The highest BCUT2D eigenvalue weighted by Crippen LogP contribution is 2.37. The summed E-state index contributed by atoms with van der Waals surface area (Å²) in [6, 6.07) is 7.15. The number of halogens is 1. The Bertz CT molecular complexity index is 455. The molecule has 110 valence electrons. The van der Waals surface area contributed by atoms with Crippen LogP contribution in [0.5, 0.6) is 0 Å². The van der Waals surface area contributed by atoms with Crippen LogP contribution in [0.1, 0.15) is 25.3 Å². The van der Waals surface area contributed by atoms with Gasteiger partial charge in [0.2, 0.25) is 0 Å². The predicted molar refractivity (Wildman–Crippen MR) is 78.4 cm³/mol. The number of carbonyl (C=O) groups is 1. The van der Waals surface area contributed by atoms with Crippen molar-refractivity contribution in [3.63, 3.8) is 0 Å². The van der Waals surface area contributed by atoms with Gasteiger partial charge in [0.1, 0.15) is 0 Å². The van der Waals surface area contributed by atoms with Crippen LogP contribution in [0.25, 0.3) is 0 Å². The second kappa shape index (κ2) is 6.59. The van der Waals surface area contributed by atoms with Gasteiger partial charge in [-0.05, 0) is 57.6 Å². The molecule has 0 spiro atoms. The van der Waals surface area contributed by atoms with E-state index in [-0.39, 0.29) is 18.1 Å². The summed E-state index contributed by atoms with van der Waals surface area (Å²) in [7, 11) is 2.05. The number of nitrogens with zero attached hydrogens (tertiary/aromatic N) is 1. The second-order valence-electron chi connectivity index (χ2n) is 5.21. The quantitative estimate of drug-likeness (QED) is 0.798. The molecule has 3 nitrogen and oxygen atoms in total. The Labute approximate surface area is 123 Å². The van der Waals surface area contributed by atoms with Crippen molar-refractivity contribution in [1.82, 2.24) is 4.90 Å². The largest absolute Gasteiger partial charge is 0.465 e. The number of rotatable bonds is 4. The molecule has 0 aliphatic carbocycles. The van der Waals surface area contributed by atoms with E-state index in [4.69, 9.17) is 4.74 Å². The van der Waals surface area contributed by atoms with Crippen LogP contribution in [0, 0.1) is 0 Å². The number of piperidine rings is 1. The maximum atomic E-state index is 12.5. The lowest BCUT2D eigenvalue weighted by Crippen LogP contribution is -2.47. The molecule has 0 N–H and O–H groups in total. The highest BCUT2D eigenvalue weighted by molar-refractivity contribution is 7.94. The highest BCUT2D eigenvalue weighted by atomic mass is 32.2. The lowest BCUT2D eigenvalue weighted by Gasteiger charge is -2.39. The van der Waals surface area contributed by atoms with Gasteiger partial charge in [0.15, 0.2) is 0 Å². The number of esters is 1. The molecule has 1 aliphatic heterocycles. The van der Waals surface area contributed by atoms with Crippen LogP contribution >= 0.6 is 12.1 Å². The molecular weight excluding hydrogens is 277 g/mol. The number of benzene rings is 1. The lowest BCUT2D eigenvalue weighted by atomic mass is 9.73. The van der Waals surface area contributed by atoms with Crippen molar-refractivity contribution in [2.75, 3.05) is 26.7 Å². The third-order valence-corrected chi connectivity index (χ3v) is 4.45. The molecule has 20 heavy (non-hydrogen) atoms. The van der Waals surface area contributed by atoms with Gasteiger partial charge in [-0.15, -0.1) is 0 Å². The van der Waals surface area contributed by atoms with E-state index in [0.717, 1.165) is 31.5 Å². The van der Waals surface area contributed by atoms with Gasteiger partial charge in [-0.3, -0.25) is 4.79 Å². The molecule has 1 aromatic carbocycles. The van der Waals surface area contributed by atoms with Gasteiger partial charge in [0, 0.05) is 4.90 Å². The molecule has 1 aliphatic rings. The van der Waals surface area contributed by atoms with Crippen molar-refractivity contribution in [2.45, 2.75) is 30.1 Å². The van der Waals surface area contributed by atoms with Crippen LogP contribution in [0.4, 0.5) is 3.89 Å². The summed E-state index contributed by atoms with van der Waals surface area (Å²) in [5.41, 5.74) is 0.351. The summed E-state index contributed by atoms with van der Waals surface area (Å²) in [5, 5.41) is 0. The minimum atomic E-state index is -0.581. The number of carbonyl (C=O) groups excluding carboxylic acids is 1. The fraction of sp³-hybridized carbons (Fsp3) is 0.533. The van der Waals surface area contributed by atoms with Crippen molar-refractivity contribution < 1.29 is 13.4 Å². The van der Waals surface area contributed by atoms with Crippen LogP contribution in [-0.4, -0.2) is 37.6 Å². The molecule has 0 atom stereocenters. The first-order valence-corrected chi connectivity index (χ1v) is 7.59. The summed E-state index contributed by atoms with van der Waals surface area (Å²) in [4.78, 5) is 15.2. The standard InChI is InChI=1S/C15H20FNO2S/c1-3-19-14(18)15(8-10-17(2)11-9-15)12-4-6-13(20-16)7-5-12/h4-7H,3,8-11H2,1-2H3. The molecule has 1 aromatic rings. The van der Waals surface area contributed by atoms with Crippen molar-refractivity contribution in [3.8, 4) is 0 Å².